The van der Waals surface area contributed by atoms with Gasteiger partial charge in [0, 0.05) is 23.3 Å². The van der Waals surface area contributed by atoms with Gasteiger partial charge in [-0.2, -0.15) is 0 Å². The van der Waals surface area contributed by atoms with Gasteiger partial charge in [-0.1, -0.05) is 47.2 Å². The molecule has 2 aromatic rings. The lowest BCUT2D eigenvalue weighted by atomic mass is 10.2. The van der Waals surface area contributed by atoms with E-state index in [1.807, 2.05) is 6.07 Å². The number of hydrogen-bond acceptors (Lipinski definition) is 5. The number of halogens is 2. The molecule has 2 fully saturated rings. The monoisotopic (exact) mass is 439 g/mol. The van der Waals surface area contributed by atoms with Crippen LogP contribution in [0, 0.1) is 0 Å². The Labute approximate surface area is 176 Å². The molecular formula is C19H15Cl2NO3S2. The number of hydrogen-bond donors (Lipinski definition) is 0. The van der Waals surface area contributed by atoms with Gasteiger partial charge in [0.2, 0.25) is 0 Å². The van der Waals surface area contributed by atoms with Crippen LogP contribution >= 0.6 is 47.2 Å². The van der Waals surface area contributed by atoms with Gasteiger partial charge >= 0.3 is 0 Å². The normalized spacial score (nSPS) is 21.6. The van der Waals surface area contributed by atoms with Crippen LogP contribution in [0.15, 0.2) is 39.7 Å². The number of ether oxygens (including phenoxy) is 1. The van der Waals surface area contributed by atoms with E-state index in [0.717, 1.165) is 25.0 Å². The topological polar surface area (TPSA) is 42.7 Å². The summed E-state index contributed by atoms with van der Waals surface area (Å²) in [6.45, 7) is 1.25. The van der Waals surface area contributed by atoms with Gasteiger partial charge in [-0.15, -0.1) is 0 Å². The third kappa shape index (κ3) is 4.10. The first kappa shape index (κ1) is 19.0. The number of carbonyl (C=O) groups excluding carboxylic acids is 1. The molecule has 0 saturated carbocycles. The molecule has 0 unspecified atom stereocenters. The van der Waals surface area contributed by atoms with Crippen molar-refractivity contribution in [3.8, 4) is 11.3 Å². The molecule has 1 atom stereocenters. The Balaban J connectivity index is 1.53. The van der Waals surface area contributed by atoms with Crippen molar-refractivity contribution in [2.24, 2.45) is 0 Å². The Bertz CT molecular complexity index is 935. The van der Waals surface area contributed by atoms with E-state index < -0.39 is 0 Å². The van der Waals surface area contributed by atoms with E-state index >= 15 is 0 Å². The predicted octanol–water partition coefficient (Wildman–Crippen LogP) is 5.63. The molecule has 2 saturated heterocycles. The molecule has 0 bridgehead atoms. The third-order valence-electron chi connectivity index (χ3n) is 4.38. The largest absolute Gasteiger partial charge is 0.457 e. The molecule has 0 spiro atoms. The summed E-state index contributed by atoms with van der Waals surface area (Å²) < 4.78 is 12.0. The third-order valence-corrected chi connectivity index (χ3v) is 6.31. The van der Waals surface area contributed by atoms with Gasteiger partial charge in [0.05, 0.1) is 22.6 Å². The van der Waals surface area contributed by atoms with Crippen molar-refractivity contribution in [1.82, 2.24) is 4.90 Å². The van der Waals surface area contributed by atoms with E-state index in [4.69, 9.17) is 44.6 Å². The summed E-state index contributed by atoms with van der Waals surface area (Å²) in [6.07, 6.45) is 3.76. The second-order valence-electron chi connectivity index (χ2n) is 6.25. The van der Waals surface area contributed by atoms with Crippen LogP contribution in [0.5, 0.6) is 0 Å². The van der Waals surface area contributed by atoms with Crippen molar-refractivity contribution < 1.29 is 13.9 Å². The van der Waals surface area contributed by atoms with Gasteiger partial charge in [0.15, 0.2) is 0 Å². The maximum Gasteiger partial charge on any atom is 0.266 e. The number of thiocarbonyl (C=S) groups is 1. The summed E-state index contributed by atoms with van der Waals surface area (Å²) in [5.41, 5.74) is 0.742. The molecule has 1 aromatic heterocycles. The first-order valence-electron chi connectivity index (χ1n) is 8.43. The molecule has 1 amide bonds. The molecule has 0 N–H and O–H groups in total. The number of nitrogens with zero attached hydrogens (tertiary/aromatic N) is 1. The molecule has 0 radical (unpaired) electrons. The summed E-state index contributed by atoms with van der Waals surface area (Å²) in [5.74, 6) is 1.06. The second kappa shape index (κ2) is 7.97. The maximum absolute atomic E-state index is 12.7. The molecular weight excluding hydrogens is 425 g/mol. The average Bonchev–Trinajstić information content (AvgIpc) is 3.34. The van der Waals surface area contributed by atoms with Crippen LogP contribution in [0.25, 0.3) is 17.4 Å². The molecule has 2 aliphatic heterocycles. The molecule has 1 aromatic carbocycles. The molecule has 3 heterocycles. The highest BCUT2D eigenvalue weighted by molar-refractivity contribution is 8.26. The molecule has 0 aliphatic carbocycles. The van der Waals surface area contributed by atoms with Gasteiger partial charge in [-0.3, -0.25) is 9.69 Å². The smallest absolute Gasteiger partial charge is 0.266 e. The standard InChI is InChI=1S/C19H15Cl2NO3S2/c20-11-3-5-14(15(21)8-11)16-6-4-12(25-16)9-17-18(23)22(19(26)27-17)10-13-2-1-7-24-13/h3-6,8-9,13H,1-2,7,10H2/b17-9-/t13-/m1/s1. The average molecular weight is 440 g/mol. The van der Waals surface area contributed by atoms with Crippen molar-refractivity contribution in [3.63, 3.8) is 0 Å². The van der Waals surface area contributed by atoms with E-state index in [9.17, 15) is 4.79 Å². The molecule has 27 heavy (non-hydrogen) atoms. The summed E-state index contributed by atoms with van der Waals surface area (Å²) in [4.78, 5) is 14.8. The second-order valence-corrected chi connectivity index (χ2v) is 8.77. The van der Waals surface area contributed by atoms with Gasteiger partial charge in [0.25, 0.3) is 5.91 Å². The van der Waals surface area contributed by atoms with Gasteiger partial charge in [-0.25, -0.2) is 0 Å². The van der Waals surface area contributed by atoms with Crippen LogP contribution in [0.4, 0.5) is 0 Å². The molecule has 140 valence electrons. The molecule has 4 rings (SSSR count). The zero-order valence-electron chi connectivity index (χ0n) is 14.1. The van der Waals surface area contributed by atoms with E-state index in [0.29, 0.717) is 37.3 Å². The number of furan rings is 1. The van der Waals surface area contributed by atoms with E-state index in [1.54, 1.807) is 35.2 Å². The van der Waals surface area contributed by atoms with Gasteiger partial charge < -0.3 is 9.15 Å². The van der Waals surface area contributed by atoms with Crippen LogP contribution < -0.4 is 0 Å². The highest BCUT2D eigenvalue weighted by atomic mass is 35.5. The number of carbonyl (C=O) groups is 1. The summed E-state index contributed by atoms with van der Waals surface area (Å²) in [6, 6.07) is 8.83. The SMILES string of the molecule is O=C1/C(=C/c2ccc(-c3ccc(Cl)cc3Cl)o2)SC(=S)N1C[C@H]1CCCO1. The maximum atomic E-state index is 12.7. The lowest BCUT2D eigenvalue weighted by Crippen LogP contribution is -2.35. The number of benzene rings is 1. The highest BCUT2D eigenvalue weighted by Crippen LogP contribution is 2.36. The fourth-order valence-corrected chi connectivity index (χ4v) is 4.80. The highest BCUT2D eigenvalue weighted by Gasteiger charge is 2.34. The minimum atomic E-state index is -0.108. The Morgan fingerprint density at radius 3 is 2.89 bits per heavy atom. The summed E-state index contributed by atoms with van der Waals surface area (Å²) >= 11 is 18.8. The zero-order chi connectivity index (χ0) is 19.0. The van der Waals surface area contributed by atoms with Crippen LogP contribution in [-0.4, -0.2) is 34.4 Å². The first-order valence-corrected chi connectivity index (χ1v) is 10.4. The van der Waals surface area contributed by atoms with Crippen LogP contribution in [0.2, 0.25) is 10.0 Å². The van der Waals surface area contributed by atoms with Gasteiger partial charge in [-0.05, 0) is 43.2 Å². The number of rotatable bonds is 4. The van der Waals surface area contributed by atoms with Crippen molar-refractivity contribution in [1.29, 1.82) is 0 Å². The van der Waals surface area contributed by atoms with Crippen molar-refractivity contribution in [2.75, 3.05) is 13.2 Å². The summed E-state index contributed by atoms with van der Waals surface area (Å²) in [5, 5.41) is 1.07. The number of thioether (sulfide) groups is 1. The van der Waals surface area contributed by atoms with Crippen molar-refractivity contribution in [3.05, 3.63) is 51.0 Å². The van der Waals surface area contributed by atoms with Crippen molar-refractivity contribution in [2.45, 2.75) is 18.9 Å². The minimum Gasteiger partial charge on any atom is -0.457 e. The molecule has 8 heteroatoms. The predicted molar refractivity (Wildman–Crippen MR) is 113 cm³/mol. The Morgan fingerprint density at radius 1 is 1.30 bits per heavy atom. The van der Waals surface area contributed by atoms with E-state index in [-0.39, 0.29) is 12.0 Å². The van der Waals surface area contributed by atoms with Crippen LogP contribution in [0.1, 0.15) is 18.6 Å². The fraction of sp³-hybridized carbons (Fsp3) is 0.263. The quantitative estimate of drug-likeness (QED) is 0.455. The lowest BCUT2D eigenvalue weighted by Gasteiger charge is -2.18. The van der Waals surface area contributed by atoms with Crippen LogP contribution in [-0.2, 0) is 9.53 Å². The van der Waals surface area contributed by atoms with Crippen LogP contribution in [0.3, 0.4) is 0 Å². The first-order chi connectivity index (χ1) is 13.0. The zero-order valence-corrected chi connectivity index (χ0v) is 17.3. The molecule has 4 nitrogen and oxygen atoms in total. The summed E-state index contributed by atoms with van der Waals surface area (Å²) in [7, 11) is 0. The lowest BCUT2D eigenvalue weighted by molar-refractivity contribution is -0.123. The van der Waals surface area contributed by atoms with Crippen molar-refractivity contribution >= 4 is 63.5 Å². The van der Waals surface area contributed by atoms with E-state index in [2.05, 4.69) is 0 Å². The number of amides is 1. The minimum absolute atomic E-state index is 0.0640. The van der Waals surface area contributed by atoms with Gasteiger partial charge in [0.1, 0.15) is 15.8 Å². The van der Waals surface area contributed by atoms with E-state index in [1.165, 1.54) is 11.8 Å². The Hall–Kier alpha value is -1.31. The Kier molecular flexibility index (Phi) is 5.62. The molecule has 2 aliphatic rings. The Morgan fingerprint density at radius 2 is 2.15 bits per heavy atom. The fourth-order valence-electron chi connectivity index (χ4n) is 3.04.